The van der Waals surface area contributed by atoms with Gasteiger partial charge in [-0.05, 0) is 42.4 Å². The minimum Gasteiger partial charge on any atom is -0.493 e. The molecule has 1 aromatic rings. The van der Waals surface area contributed by atoms with E-state index in [1.54, 1.807) is 0 Å². The third kappa shape index (κ3) is 2.64. The molecule has 19 heavy (non-hydrogen) atoms. The van der Waals surface area contributed by atoms with E-state index in [9.17, 15) is 0 Å². The maximum atomic E-state index is 5.60. The summed E-state index contributed by atoms with van der Waals surface area (Å²) in [4.78, 5) is 0. The highest BCUT2D eigenvalue weighted by Crippen LogP contribution is 2.31. The molecule has 3 rings (SSSR count). The lowest BCUT2D eigenvalue weighted by Gasteiger charge is -2.25. The summed E-state index contributed by atoms with van der Waals surface area (Å²) < 4.78 is 5.60. The van der Waals surface area contributed by atoms with Gasteiger partial charge in [0.2, 0.25) is 0 Å². The summed E-state index contributed by atoms with van der Waals surface area (Å²) in [6.07, 6.45) is 6.33. The van der Waals surface area contributed by atoms with Gasteiger partial charge in [-0.1, -0.05) is 32.4 Å². The first kappa shape index (κ1) is 13.0. The Bertz CT molecular complexity index is 443. The molecule has 1 fully saturated rings. The van der Waals surface area contributed by atoms with E-state index in [-0.39, 0.29) is 0 Å². The molecule has 1 N–H and O–H groups in total. The molecule has 2 aliphatic rings. The van der Waals surface area contributed by atoms with Gasteiger partial charge in [0.05, 0.1) is 6.61 Å². The molecular formula is C17H25NO. The van der Waals surface area contributed by atoms with Crippen LogP contribution in [0.5, 0.6) is 5.75 Å². The van der Waals surface area contributed by atoms with Crippen molar-refractivity contribution in [1.29, 1.82) is 0 Å². The van der Waals surface area contributed by atoms with Crippen LogP contribution in [0.4, 0.5) is 0 Å². The molecule has 0 radical (unpaired) electrons. The number of fused-ring (bicyclic) bond motifs is 1. The Kier molecular flexibility index (Phi) is 3.79. The van der Waals surface area contributed by atoms with Gasteiger partial charge in [-0.2, -0.15) is 0 Å². The summed E-state index contributed by atoms with van der Waals surface area (Å²) >= 11 is 0. The zero-order valence-electron chi connectivity index (χ0n) is 12.1. The van der Waals surface area contributed by atoms with Crippen LogP contribution in [0.2, 0.25) is 0 Å². The van der Waals surface area contributed by atoms with Crippen molar-refractivity contribution in [3.8, 4) is 5.75 Å². The van der Waals surface area contributed by atoms with Crippen LogP contribution in [0.15, 0.2) is 18.2 Å². The number of ether oxygens (including phenoxy) is 1. The van der Waals surface area contributed by atoms with Crippen LogP contribution in [-0.4, -0.2) is 12.6 Å². The smallest absolute Gasteiger partial charge is 0.122 e. The molecule has 0 spiro atoms. The average Bonchev–Trinajstić information content (AvgIpc) is 3.04. The molecule has 2 heteroatoms. The highest BCUT2D eigenvalue weighted by Gasteiger charge is 2.26. The number of hydrogen-bond acceptors (Lipinski definition) is 2. The molecule has 104 valence electrons. The van der Waals surface area contributed by atoms with Crippen molar-refractivity contribution in [2.75, 3.05) is 6.61 Å². The Hall–Kier alpha value is -1.02. The Labute approximate surface area is 116 Å². The van der Waals surface area contributed by atoms with Crippen molar-refractivity contribution < 1.29 is 4.74 Å². The molecule has 0 amide bonds. The lowest BCUT2D eigenvalue weighted by atomic mass is 9.98. The molecule has 1 saturated carbocycles. The number of benzene rings is 1. The highest BCUT2D eigenvalue weighted by atomic mass is 16.5. The molecule has 1 heterocycles. The van der Waals surface area contributed by atoms with Gasteiger partial charge in [-0.3, -0.25) is 0 Å². The minimum atomic E-state index is 0.497. The quantitative estimate of drug-likeness (QED) is 0.886. The second-order valence-electron chi connectivity index (χ2n) is 6.11. The Morgan fingerprint density at radius 1 is 1.37 bits per heavy atom. The van der Waals surface area contributed by atoms with Gasteiger partial charge in [-0.15, -0.1) is 0 Å². The van der Waals surface area contributed by atoms with Crippen molar-refractivity contribution >= 4 is 0 Å². The lowest BCUT2D eigenvalue weighted by molar-refractivity contribution is 0.356. The standard InChI is InChI=1S/C17H25NO/c1-3-15(18-16-6-4-5-12(16)2)13-7-8-17-14(11-13)9-10-19-17/h7-8,11-12,15-16,18H,3-6,9-10H2,1-2H3. The summed E-state index contributed by atoms with van der Waals surface area (Å²) in [6.45, 7) is 5.51. The predicted molar refractivity (Wildman–Crippen MR) is 78.6 cm³/mol. The first-order valence-electron chi connectivity index (χ1n) is 7.79. The predicted octanol–water partition coefficient (Wildman–Crippen LogP) is 3.85. The van der Waals surface area contributed by atoms with Gasteiger partial charge in [0.15, 0.2) is 0 Å². The van der Waals surface area contributed by atoms with Crippen LogP contribution in [-0.2, 0) is 6.42 Å². The molecule has 0 bridgehead atoms. The lowest BCUT2D eigenvalue weighted by Crippen LogP contribution is -2.34. The van der Waals surface area contributed by atoms with E-state index in [1.165, 1.54) is 30.4 Å². The summed E-state index contributed by atoms with van der Waals surface area (Å²) in [5, 5.41) is 3.88. The fourth-order valence-corrected chi connectivity index (χ4v) is 3.52. The Morgan fingerprint density at radius 2 is 2.26 bits per heavy atom. The zero-order chi connectivity index (χ0) is 13.2. The van der Waals surface area contributed by atoms with Crippen molar-refractivity contribution in [3.63, 3.8) is 0 Å². The van der Waals surface area contributed by atoms with Crippen LogP contribution >= 0.6 is 0 Å². The molecule has 1 aliphatic carbocycles. The fraction of sp³-hybridized carbons (Fsp3) is 0.647. The van der Waals surface area contributed by atoms with Gasteiger partial charge in [0.1, 0.15) is 5.75 Å². The molecule has 0 aromatic heterocycles. The van der Waals surface area contributed by atoms with E-state index in [2.05, 4.69) is 37.4 Å². The topological polar surface area (TPSA) is 21.3 Å². The van der Waals surface area contributed by atoms with Gasteiger partial charge < -0.3 is 10.1 Å². The molecule has 3 unspecified atom stereocenters. The summed E-state index contributed by atoms with van der Waals surface area (Å²) in [5.41, 5.74) is 2.82. The van der Waals surface area contributed by atoms with E-state index in [4.69, 9.17) is 4.74 Å². The van der Waals surface area contributed by atoms with Crippen molar-refractivity contribution in [2.24, 2.45) is 5.92 Å². The number of hydrogen-bond donors (Lipinski definition) is 1. The first-order valence-corrected chi connectivity index (χ1v) is 7.79. The van der Waals surface area contributed by atoms with Crippen LogP contribution in [0.1, 0.15) is 56.7 Å². The molecule has 2 nitrogen and oxygen atoms in total. The van der Waals surface area contributed by atoms with Crippen LogP contribution in [0.25, 0.3) is 0 Å². The largest absolute Gasteiger partial charge is 0.493 e. The third-order valence-electron chi connectivity index (χ3n) is 4.80. The minimum absolute atomic E-state index is 0.497. The zero-order valence-corrected chi connectivity index (χ0v) is 12.1. The summed E-state index contributed by atoms with van der Waals surface area (Å²) in [7, 11) is 0. The normalized spacial score (nSPS) is 27.1. The number of nitrogens with one attached hydrogen (secondary N) is 1. The van der Waals surface area contributed by atoms with Crippen LogP contribution in [0.3, 0.4) is 0 Å². The van der Waals surface area contributed by atoms with Gasteiger partial charge in [-0.25, -0.2) is 0 Å². The fourth-order valence-electron chi connectivity index (χ4n) is 3.52. The Morgan fingerprint density at radius 3 is 3.00 bits per heavy atom. The van der Waals surface area contributed by atoms with E-state index >= 15 is 0 Å². The van der Waals surface area contributed by atoms with E-state index in [0.717, 1.165) is 31.1 Å². The second kappa shape index (κ2) is 5.54. The van der Waals surface area contributed by atoms with Gasteiger partial charge in [0.25, 0.3) is 0 Å². The van der Waals surface area contributed by atoms with Crippen molar-refractivity contribution in [1.82, 2.24) is 5.32 Å². The van der Waals surface area contributed by atoms with E-state index < -0.39 is 0 Å². The highest BCUT2D eigenvalue weighted by molar-refractivity contribution is 5.40. The van der Waals surface area contributed by atoms with Crippen LogP contribution < -0.4 is 10.1 Å². The monoisotopic (exact) mass is 259 g/mol. The van der Waals surface area contributed by atoms with Crippen LogP contribution in [0, 0.1) is 5.92 Å². The summed E-state index contributed by atoms with van der Waals surface area (Å²) in [6, 6.07) is 7.94. The maximum absolute atomic E-state index is 5.60. The molecule has 0 saturated heterocycles. The molecular weight excluding hydrogens is 234 g/mol. The van der Waals surface area contributed by atoms with E-state index in [1.807, 2.05) is 0 Å². The Balaban J connectivity index is 1.74. The second-order valence-corrected chi connectivity index (χ2v) is 6.11. The van der Waals surface area contributed by atoms with Gasteiger partial charge in [0, 0.05) is 18.5 Å². The van der Waals surface area contributed by atoms with Gasteiger partial charge >= 0.3 is 0 Å². The maximum Gasteiger partial charge on any atom is 0.122 e. The average molecular weight is 259 g/mol. The van der Waals surface area contributed by atoms with Crippen molar-refractivity contribution in [2.45, 2.75) is 58.0 Å². The SMILES string of the molecule is CCC(NC1CCCC1C)c1ccc2c(c1)CCO2. The van der Waals surface area contributed by atoms with E-state index in [0.29, 0.717) is 12.1 Å². The third-order valence-corrected chi connectivity index (χ3v) is 4.80. The number of rotatable bonds is 4. The molecule has 1 aliphatic heterocycles. The molecule has 1 aromatic carbocycles. The van der Waals surface area contributed by atoms with Crippen molar-refractivity contribution in [3.05, 3.63) is 29.3 Å². The molecule has 3 atom stereocenters. The first-order chi connectivity index (χ1) is 9.28. The summed E-state index contributed by atoms with van der Waals surface area (Å²) in [5.74, 6) is 1.92.